The summed E-state index contributed by atoms with van der Waals surface area (Å²) in [6.07, 6.45) is 5.36. The number of likely N-dealkylation sites (N-methyl/N-ethyl adjacent to an activating group) is 1. The molecule has 5 amide bonds. The van der Waals surface area contributed by atoms with Crippen LogP contribution in [-0.4, -0.2) is 150 Å². The van der Waals surface area contributed by atoms with Crippen molar-refractivity contribution in [3.8, 4) is 0 Å². The van der Waals surface area contributed by atoms with Crippen molar-refractivity contribution in [3.63, 3.8) is 0 Å². The first kappa shape index (κ1) is 38.0. The van der Waals surface area contributed by atoms with E-state index in [1.165, 1.54) is 6.07 Å². The highest BCUT2D eigenvalue weighted by Crippen LogP contribution is 2.30. The van der Waals surface area contributed by atoms with Crippen molar-refractivity contribution in [3.05, 3.63) is 48.0 Å². The number of carbonyl (C=O) groups is 4. The highest BCUT2D eigenvalue weighted by molar-refractivity contribution is 6.01. The maximum absolute atomic E-state index is 15.7. The maximum atomic E-state index is 15.7. The van der Waals surface area contributed by atoms with Crippen molar-refractivity contribution in [1.82, 2.24) is 40.2 Å². The lowest BCUT2D eigenvalue weighted by atomic mass is 10.0. The Labute approximate surface area is 329 Å². The minimum atomic E-state index is -0.807. The third-order valence-corrected chi connectivity index (χ3v) is 11.7. The minimum absolute atomic E-state index is 0.00982. The number of hydrogen-bond acceptors (Lipinski definition) is 14. The first-order valence-corrected chi connectivity index (χ1v) is 19.7. The zero-order chi connectivity index (χ0) is 39.6. The van der Waals surface area contributed by atoms with E-state index >= 15 is 4.39 Å². The van der Waals surface area contributed by atoms with Gasteiger partial charge in [-0.15, -0.1) is 10.2 Å². The van der Waals surface area contributed by atoms with Gasteiger partial charge in [0.1, 0.15) is 17.7 Å². The number of pyridine rings is 1. The van der Waals surface area contributed by atoms with Gasteiger partial charge in [0.2, 0.25) is 17.8 Å². The molecule has 3 aromatic rings. The van der Waals surface area contributed by atoms with E-state index in [0.717, 1.165) is 57.7 Å². The maximum Gasteiger partial charge on any atom is 0.320 e. The molecular weight excluding hydrogens is 736 g/mol. The SMILES string of the molecule is CN1CCN([C@@H]2CCCN(c3nnc(C(N)=O)c(Nc4ccc(N5CCN(CC6CCN(c7ccc(NC8CCC(=O)NC8=O)nc7)C6)CC5)c(F)c4)n3)C2)C1=O. The smallest absolute Gasteiger partial charge is 0.320 e. The number of carbonyl (C=O) groups excluding carboxylic acids is 4. The molecule has 5 aliphatic rings. The number of hydrogen-bond donors (Lipinski definition) is 4. The summed E-state index contributed by atoms with van der Waals surface area (Å²) in [6, 6.07) is 8.32. The van der Waals surface area contributed by atoms with Crippen LogP contribution in [-0.2, 0) is 9.59 Å². The summed E-state index contributed by atoms with van der Waals surface area (Å²) in [5.41, 5.74) is 7.41. The van der Waals surface area contributed by atoms with E-state index in [2.05, 4.69) is 50.8 Å². The van der Waals surface area contributed by atoms with Crippen molar-refractivity contribution in [2.75, 3.05) is 104 Å². The van der Waals surface area contributed by atoms with E-state index in [0.29, 0.717) is 81.2 Å². The van der Waals surface area contributed by atoms with Crippen molar-refractivity contribution in [2.45, 2.75) is 44.2 Å². The van der Waals surface area contributed by atoms with E-state index in [1.54, 1.807) is 24.1 Å². The molecule has 302 valence electrons. The van der Waals surface area contributed by atoms with Gasteiger partial charge in [-0.1, -0.05) is 0 Å². The van der Waals surface area contributed by atoms with Gasteiger partial charge in [0.15, 0.2) is 11.5 Å². The first-order chi connectivity index (χ1) is 27.6. The van der Waals surface area contributed by atoms with Gasteiger partial charge in [0.25, 0.3) is 5.91 Å². The van der Waals surface area contributed by atoms with E-state index in [9.17, 15) is 19.2 Å². The summed E-state index contributed by atoms with van der Waals surface area (Å²) in [4.78, 5) is 70.0. The number of anilines is 6. The van der Waals surface area contributed by atoms with Crippen molar-refractivity contribution < 1.29 is 23.6 Å². The Morgan fingerprint density at radius 3 is 2.49 bits per heavy atom. The lowest BCUT2D eigenvalue weighted by molar-refractivity contribution is -0.133. The molecule has 0 bridgehead atoms. The van der Waals surface area contributed by atoms with Crippen molar-refractivity contribution in [1.29, 1.82) is 0 Å². The average molecular weight is 785 g/mol. The molecule has 19 heteroatoms. The standard InChI is InChI=1S/C38H49FN14O4/c1-48-13-18-53(38(48)57)27-3-2-11-52(23-27)37-45-35(33(34(40)55)46-47-37)42-25-4-7-30(28(39)19-25)50-16-14-49(15-17-50)21-24-10-12-51(22-24)26-5-8-31(41-20-26)43-29-6-9-32(54)44-36(29)56/h4-5,7-8,19-20,24,27,29H,2-3,6,9-18,21-23H2,1H3,(H2,40,55)(H,41,43)(H,42,45,47)(H,44,54,56)/t24?,27-,29?/m1/s1. The number of benzene rings is 1. The second-order valence-electron chi connectivity index (χ2n) is 15.5. The van der Waals surface area contributed by atoms with Gasteiger partial charge >= 0.3 is 6.03 Å². The number of rotatable bonds is 11. The third kappa shape index (κ3) is 8.47. The molecule has 2 unspecified atom stereocenters. The number of piperidine rings is 2. The third-order valence-electron chi connectivity index (χ3n) is 11.7. The number of halogens is 1. The molecule has 5 aliphatic heterocycles. The quantitative estimate of drug-likeness (QED) is 0.204. The van der Waals surface area contributed by atoms with Crippen LogP contribution in [0.5, 0.6) is 0 Å². The molecule has 5 saturated heterocycles. The molecule has 57 heavy (non-hydrogen) atoms. The number of nitrogens with one attached hydrogen (secondary N) is 3. The summed E-state index contributed by atoms with van der Waals surface area (Å²) in [7, 11) is 1.80. The summed E-state index contributed by atoms with van der Waals surface area (Å²) < 4.78 is 15.7. The summed E-state index contributed by atoms with van der Waals surface area (Å²) in [6.45, 7) is 8.38. The van der Waals surface area contributed by atoms with Crippen molar-refractivity contribution >= 4 is 58.4 Å². The molecule has 18 nitrogen and oxygen atoms in total. The molecule has 0 aliphatic carbocycles. The molecule has 5 fully saturated rings. The van der Waals surface area contributed by atoms with E-state index < -0.39 is 17.8 Å². The van der Waals surface area contributed by atoms with Gasteiger partial charge in [-0.3, -0.25) is 24.6 Å². The Kier molecular flexibility index (Phi) is 10.9. The molecule has 1 aromatic carbocycles. The molecule has 8 rings (SSSR count). The van der Waals surface area contributed by atoms with Crippen LogP contribution in [0, 0.1) is 11.7 Å². The average Bonchev–Trinajstić information content (AvgIpc) is 3.82. The number of nitrogens with two attached hydrogens (primary N) is 1. The van der Waals surface area contributed by atoms with Crippen LogP contribution in [0.25, 0.3) is 0 Å². The van der Waals surface area contributed by atoms with Crippen LogP contribution < -0.4 is 36.4 Å². The predicted octanol–water partition coefficient (Wildman–Crippen LogP) is 1.45. The molecule has 0 spiro atoms. The van der Waals surface area contributed by atoms with Crippen molar-refractivity contribution in [2.24, 2.45) is 11.7 Å². The number of amides is 5. The van der Waals surface area contributed by atoms with Crippen LogP contribution >= 0.6 is 0 Å². The van der Waals surface area contributed by atoms with Crippen LogP contribution in [0.3, 0.4) is 0 Å². The van der Waals surface area contributed by atoms with Gasteiger partial charge < -0.3 is 40.9 Å². The predicted molar refractivity (Wildman–Crippen MR) is 211 cm³/mol. The van der Waals surface area contributed by atoms with Gasteiger partial charge in [-0.25, -0.2) is 14.2 Å². The molecule has 0 radical (unpaired) electrons. The second kappa shape index (κ2) is 16.3. The number of imide groups is 1. The lowest BCUT2D eigenvalue weighted by Gasteiger charge is -2.37. The molecular formula is C38H49FN14O4. The topological polar surface area (TPSA) is 201 Å². The van der Waals surface area contributed by atoms with Crippen LogP contribution in [0.1, 0.15) is 42.6 Å². The largest absolute Gasteiger partial charge is 0.370 e. The number of urea groups is 1. The highest BCUT2D eigenvalue weighted by atomic mass is 19.1. The van der Waals surface area contributed by atoms with Crippen LogP contribution in [0.4, 0.5) is 43.8 Å². The van der Waals surface area contributed by atoms with Crippen LogP contribution in [0.2, 0.25) is 0 Å². The zero-order valence-corrected chi connectivity index (χ0v) is 32.1. The highest BCUT2D eigenvalue weighted by Gasteiger charge is 2.35. The molecule has 7 heterocycles. The first-order valence-electron chi connectivity index (χ1n) is 19.7. The van der Waals surface area contributed by atoms with Gasteiger partial charge in [-0.2, -0.15) is 4.98 Å². The van der Waals surface area contributed by atoms with Gasteiger partial charge in [-0.05, 0) is 61.9 Å². The van der Waals surface area contributed by atoms with E-state index in [4.69, 9.17) is 5.73 Å². The van der Waals surface area contributed by atoms with E-state index in [1.807, 2.05) is 28.1 Å². The zero-order valence-electron chi connectivity index (χ0n) is 32.1. The Balaban J connectivity index is 0.830. The molecule has 0 saturated carbocycles. The van der Waals surface area contributed by atoms with Gasteiger partial charge in [0.05, 0.1) is 23.6 Å². The van der Waals surface area contributed by atoms with E-state index in [-0.39, 0.29) is 35.4 Å². The Morgan fingerprint density at radius 1 is 0.930 bits per heavy atom. The normalized spacial score (nSPS) is 23.3. The fraction of sp³-hybridized carbons (Fsp3) is 0.526. The monoisotopic (exact) mass is 784 g/mol. The summed E-state index contributed by atoms with van der Waals surface area (Å²) >= 11 is 0. The molecule has 2 aromatic heterocycles. The Hall–Kier alpha value is -5.85. The number of piperazine rings is 1. The Morgan fingerprint density at radius 2 is 1.77 bits per heavy atom. The second-order valence-corrected chi connectivity index (χ2v) is 15.5. The minimum Gasteiger partial charge on any atom is -0.370 e. The number of nitrogens with zero attached hydrogens (tertiary/aromatic N) is 10. The molecule has 5 N–H and O–H groups in total. The number of aromatic nitrogens is 4. The fourth-order valence-corrected chi connectivity index (χ4v) is 8.50. The lowest BCUT2D eigenvalue weighted by Crippen LogP contribution is -2.49. The summed E-state index contributed by atoms with van der Waals surface area (Å²) in [5.74, 6) is -0.272. The van der Waals surface area contributed by atoms with Gasteiger partial charge in [0, 0.05) is 91.1 Å². The Bertz CT molecular complexity index is 2000. The fourth-order valence-electron chi connectivity index (χ4n) is 8.50. The van der Waals surface area contributed by atoms with Crippen LogP contribution in [0.15, 0.2) is 36.5 Å². The number of primary amides is 1. The summed E-state index contributed by atoms with van der Waals surface area (Å²) in [5, 5.41) is 16.8. The molecule has 3 atom stereocenters.